The lowest BCUT2D eigenvalue weighted by atomic mass is 9.99. The highest BCUT2D eigenvalue weighted by Crippen LogP contribution is 2.36. The van der Waals surface area contributed by atoms with Gasteiger partial charge in [-0.3, -0.25) is 4.57 Å². The Hall–Kier alpha value is -6.59. The molecule has 48 heavy (non-hydrogen) atoms. The summed E-state index contributed by atoms with van der Waals surface area (Å²) in [5.74, 6) is 0.477. The van der Waals surface area contributed by atoms with E-state index in [9.17, 15) is 0 Å². The van der Waals surface area contributed by atoms with Crippen LogP contribution in [0.2, 0.25) is 0 Å². The van der Waals surface area contributed by atoms with Crippen molar-refractivity contribution in [2.24, 2.45) is 0 Å². The van der Waals surface area contributed by atoms with E-state index in [0.29, 0.717) is 11.1 Å². The van der Waals surface area contributed by atoms with Gasteiger partial charge in [-0.1, -0.05) is 115 Å². The van der Waals surface area contributed by atoms with Crippen molar-refractivity contribution in [3.63, 3.8) is 0 Å². The summed E-state index contributed by atoms with van der Waals surface area (Å²) in [6.45, 7) is 0. The van der Waals surface area contributed by atoms with Gasteiger partial charge in [0.1, 0.15) is 11.2 Å². The van der Waals surface area contributed by atoms with Crippen molar-refractivity contribution in [3.05, 3.63) is 158 Å². The lowest BCUT2D eigenvalue weighted by molar-refractivity contribution is 0.669. The minimum atomic E-state index is -0.486. The first-order chi connectivity index (χ1) is 25.8. The molecule has 0 radical (unpaired) electrons. The third-order valence-corrected chi connectivity index (χ3v) is 8.94. The van der Waals surface area contributed by atoms with Gasteiger partial charge in [0, 0.05) is 32.7 Å². The average molecular weight is 620 g/mol. The van der Waals surface area contributed by atoms with Gasteiger partial charge in [-0.2, -0.15) is 9.97 Å². The lowest BCUT2D eigenvalue weighted by Gasteiger charge is -2.10. The number of rotatable bonds is 4. The minimum Gasteiger partial charge on any atom is -0.456 e. The summed E-state index contributed by atoms with van der Waals surface area (Å²) < 4.78 is 50.7. The summed E-state index contributed by atoms with van der Waals surface area (Å²) in [4.78, 5) is 14.6. The average Bonchev–Trinajstić information content (AvgIpc) is 3.74. The number of para-hydroxylation sites is 2. The van der Waals surface area contributed by atoms with Gasteiger partial charge in [0.05, 0.1) is 17.9 Å². The molecule has 0 unspecified atom stereocenters. The van der Waals surface area contributed by atoms with Crippen LogP contribution in [0.25, 0.3) is 94.4 Å². The second-order valence-corrected chi connectivity index (χ2v) is 11.7. The minimum absolute atomic E-state index is 0.0337. The van der Waals surface area contributed by atoms with Crippen molar-refractivity contribution < 1.29 is 11.3 Å². The number of aromatic nitrogens is 4. The van der Waals surface area contributed by atoms with E-state index in [1.54, 1.807) is 0 Å². The predicted molar refractivity (Wildman–Crippen MR) is 195 cm³/mol. The number of hydrogen-bond acceptors (Lipinski definition) is 4. The van der Waals surface area contributed by atoms with Crippen LogP contribution in [0.3, 0.4) is 0 Å². The highest BCUT2D eigenvalue weighted by atomic mass is 16.3. The molecule has 10 rings (SSSR count). The molecule has 0 N–H and O–H groups in total. The molecule has 3 aromatic heterocycles. The van der Waals surface area contributed by atoms with E-state index in [0.717, 1.165) is 49.3 Å². The summed E-state index contributed by atoms with van der Waals surface area (Å²) in [5.41, 5.74) is 5.78. The van der Waals surface area contributed by atoms with Gasteiger partial charge in [-0.05, 0) is 64.4 Å². The Morgan fingerprint density at radius 3 is 1.90 bits per heavy atom. The molecule has 10 aromatic rings. The standard InChI is InChI=1S/C43H26N4O/c1-2-11-28(12-3-1)41-44-42(46-43(45-41)47-37-16-8-6-14-33(37)34-15-7-9-17-38(34)47)32-20-22-35-36-25-31(21-23-39(36)48-40(35)26-32)30-19-18-27-10-4-5-13-29(27)24-30/h1-26H/i1D,2D,3D,11D,12D. The van der Waals surface area contributed by atoms with Crippen LogP contribution >= 0.6 is 0 Å². The molecule has 0 aliphatic heterocycles. The van der Waals surface area contributed by atoms with E-state index in [1.165, 1.54) is 10.8 Å². The lowest BCUT2D eigenvalue weighted by Crippen LogP contribution is -2.06. The van der Waals surface area contributed by atoms with E-state index in [-0.39, 0.29) is 23.2 Å². The molecule has 0 saturated heterocycles. The molecule has 0 bridgehead atoms. The third kappa shape index (κ3) is 4.22. The van der Waals surface area contributed by atoms with Gasteiger partial charge in [-0.15, -0.1) is 0 Å². The number of hydrogen-bond donors (Lipinski definition) is 0. The van der Waals surface area contributed by atoms with Crippen molar-refractivity contribution in [3.8, 4) is 39.9 Å². The summed E-state index contributed by atoms with van der Waals surface area (Å²) in [5, 5.41) is 6.26. The first-order valence-corrected chi connectivity index (χ1v) is 15.6. The topological polar surface area (TPSA) is 56.7 Å². The zero-order valence-corrected chi connectivity index (χ0v) is 25.3. The first-order valence-electron chi connectivity index (χ1n) is 18.1. The van der Waals surface area contributed by atoms with Gasteiger partial charge in [0.15, 0.2) is 11.6 Å². The first kappa shape index (κ1) is 22.0. The van der Waals surface area contributed by atoms with Crippen LogP contribution in [0, 0.1) is 0 Å². The van der Waals surface area contributed by atoms with Crippen molar-refractivity contribution in [2.45, 2.75) is 0 Å². The summed E-state index contributed by atoms with van der Waals surface area (Å²) in [7, 11) is 0. The molecule has 5 nitrogen and oxygen atoms in total. The highest BCUT2D eigenvalue weighted by molar-refractivity contribution is 6.09. The maximum Gasteiger partial charge on any atom is 0.238 e. The van der Waals surface area contributed by atoms with Gasteiger partial charge < -0.3 is 4.42 Å². The smallest absolute Gasteiger partial charge is 0.238 e. The Bertz CT molecular complexity index is 3070. The van der Waals surface area contributed by atoms with Crippen molar-refractivity contribution in [2.75, 3.05) is 0 Å². The zero-order valence-electron chi connectivity index (χ0n) is 30.3. The van der Waals surface area contributed by atoms with Crippen LogP contribution < -0.4 is 0 Å². The van der Waals surface area contributed by atoms with Crippen molar-refractivity contribution in [1.29, 1.82) is 0 Å². The Morgan fingerprint density at radius 1 is 0.458 bits per heavy atom. The normalized spacial score (nSPS) is 13.2. The molecule has 0 amide bonds. The van der Waals surface area contributed by atoms with Crippen LogP contribution in [0.1, 0.15) is 6.85 Å². The van der Waals surface area contributed by atoms with Crippen molar-refractivity contribution >= 4 is 54.5 Å². The summed E-state index contributed by atoms with van der Waals surface area (Å²) in [6.07, 6.45) is 0. The highest BCUT2D eigenvalue weighted by Gasteiger charge is 2.18. The maximum atomic E-state index is 8.75. The molecule has 0 saturated carbocycles. The molecule has 5 heteroatoms. The van der Waals surface area contributed by atoms with Crippen LogP contribution in [0.4, 0.5) is 0 Å². The largest absolute Gasteiger partial charge is 0.456 e. The maximum absolute atomic E-state index is 8.75. The van der Waals surface area contributed by atoms with Crippen LogP contribution in [-0.2, 0) is 0 Å². The quantitative estimate of drug-likeness (QED) is 0.197. The van der Waals surface area contributed by atoms with E-state index in [4.69, 9.17) is 26.2 Å². The van der Waals surface area contributed by atoms with Crippen LogP contribution in [-0.4, -0.2) is 19.5 Å². The number of nitrogens with zero attached hydrogens (tertiary/aromatic N) is 4. The third-order valence-electron chi connectivity index (χ3n) is 8.94. The van der Waals surface area contributed by atoms with E-state index in [1.807, 2.05) is 89.5 Å². The van der Waals surface area contributed by atoms with Gasteiger partial charge in [0.25, 0.3) is 0 Å². The fourth-order valence-corrected chi connectivity index (χ4v) is 6.67. The van der Waals surface area contributed by atoms with Gasteiger partial charge in [-0.25, -0.2) is 4.98 Å². The Kier molecular flexibility index (Phi) is 4.81. The van der Waals surface area contributed by atoms with Gasteiger partial charge in [0.2, 0.25) is 5.95 Å². The molecule has 7 aromatic carbocycles. The summed E-state index contributed by atoms with van der Waals surface area (Å²) in [6, 6.07) is 40.4. The van der Waals surface area contributed by atoms with Gasteiger partial charge >= 0.3 is 0 Å². The zero-order chi connectivity index (χ0) is 36.0. The Balaban J connectivity index is 1.18. The molecule has 0 fully saturated rings. The number of furan rings is 1. The Morgan fingerprint density at radius 2 is 1.10 bits per heavy atom. The SMILES string of the molecule is [2H]c1c([2H])c([2H])c(-c2nc(-c3ccc4c(c3)oc3ccc(-c5ccc6ccccc6c5)cc34)nc(-n3c4ccccc4c4ccccc43)n2)c([2H])c1[2H]. The predicted octanol–water partition coefficient (Wildman–Crippen LogP) is 11.0. The Labute approximate surface area is 282 Å². The number of fused-ring (bicyclic) bond motifs is 7. The van der Waals surface area contributed by atoms with E-state index >= 15 is 0 Å². The molecule has 0 aliphatic carbocycles. The van der Waals surface area contributed by atoms with E-state index in [2.05, 4.69) is 42.5 Å². The molecular formula is C43H26N4O. The summed E-state index contributed by atoms with van der Waals surface area (Å²) >= 11 is 0. The molecule has 224 valence electrons. The fraction of sp³-hybridized carbons (Fsp3) is 0. The van der Waals surface area contributed by atoms with Crippen LogP contribution in [0.5, 0.6) is 0 Å². The molecule has 0 aliphatic rings. The molecule has 0 spiro atoms. The number of benzene rings is 7. The van der Waals surface area contributed by atoms with Crippen LogP contribution in [0.15, 0.2) is 162 Å². The second-order valence-electron chi connectivity index (χ2n) is 11.7. The fourth-order valence-electron chi connectivity index (χ4n) is 6.67. The second kappa shape index (κ2) is 10.5. The van der Waals surface area contributed by atoms with Crippen molar-refractivity contribution in [1.82, 2.24) is 19.5 Å². The monoisotopic (exact) mass is 619 g/mol. The molecule has 3 heterocycles. The molecule has 0 atom stereocenters. The molecular weight excluding hydrogens is 589 g/mol. The van der Waals surface area contributed by atoms with E-state index < -0.39 is 30.2 Å².